The Labute approximate surface area is 161 Å². The predicted molar refractivity (Wildman–Crippen MR) is 105 cm³/mol. The molecule has 0 bridgehead atoms. The van der Waals surface area contributed by atoms with Crippen LogP contribution in [0.25, 0.3) is 11.1 Å². The first-order valence-corrected chi connectivity index (χ1v) is 9.22. The third-order valence-electron chi connectivity index (χ3n) is 5.16. The zero-order chi connectivity index (χ0) is 18.0. The highest BCUT2D eigenvalue weighted by molar-refractivity contribution is 6.06. The average molecular weight is 381 g/mol. The number of nitrogens with one attached hydrogen (secondary N) is 1. The standard InChI is InChI=1S/C19H28N4O2.ClH/c1-12(2)16-11-15(17-13(3)22-25-18(17)21-16)19(24)23-9-6-14(7-10-23)5-8-20-4;/h11-12,14,20H,5-10H2,1-4H3;1H. The smallest absolute Gasteiger partial charge is 0.259 e. The van der Waals surface area contributed by atoms with Crippen molar-refractivity contribution in [2.45, 2.75) is 46.0 Å². The number of likely N-dealkylation sites (tertiary alicyclic amines) is 1. The zero-order valence-electron chi connectivity index (χ0n) is 16.0. The highest BCUT2D eigenvalue weighted by atomic mass is 35.5. The first-order valence-electron chi connectivity index (χ1n) is 9.22. The summed E-state index contributed by atoms with van der Waals surface area (Å²) in [5.41, 5.74) is 2.75. The van der Waals surface area contributed by atoms with Gasteiger partial charge in [-0.3, -0.25) is 4.79 Å². The van der Waals surface area contributed by atoms with Crippen LogP contribution >= 0.6 is 12.4 Å². The van der Waals surface area contributed by atoms with E-state index in [2.05, 4.69) is 29.3 Å². The topological polar surface area (TPSA) is 71.3 Å². The van der Waals surface area contributed by atoms with Crippen LogP contribution in [0.1, 0.15) is 60.8 Å². The maximum atomic E-state index is 13.2. The summed E-state index contributed by atoms with van der Waals surface area (Å²) in [6.45, 7) is 8.68. The van der Waals surface area contributed by atoms with Gasteiger partial charge in [-0.25, -0.2) is 4.98 Å². The van der Waals surface area contributed by atoms with Gasteiger partial charge in [0.1, 0.15) is 0 Å². The summed E-state index contributed by atoms with van der Waals surface area (Å²) in [5, 5.41) is 7.98. The molecule has 0 aromatic carbocycles. The second-order valence-electron chi connectivity index (χ2n) is 7.33. The number of pyridine rings is 1. The number of piperidine rings is 1. The maximum Gasteiger partial charge on any atom is 0.259 e. The summed E-state index contributed by atoms with van der Waals surface area (Å²) >= 11 is 0. The number of carbonyl (C=O) groups is 1. The van der Waals surface area contributed by atoms with Gasteiger partial charge < -0.3 is 14.7 Å². The summed E-state index contributed by atoms with van der Waals surface area (Å²) in [5.74, 6) is 1.01. The van der Waals surface area contributed by atoms with Gasteiger partial charge >= 0.3 is 0 Å². The molecule has 7 heteroatoms. The first-order chi connectivity index (χ1) is 12.0. The molecule has 1 N–H and O–H groups in total. The highest BCUT2D eigenvalue weighted by Crippen LogP contribution is 2.28. The van der Waals surface area contributed by atoms with Gasteiger partial charge in [0.25, 0.3) is 11.6 Å². The third-order valence-corrected chi connectivity index (χ3v) is 5.16. The summed E-state index contributed by atoms with van der Waals surface area (Å²) in [4.78, 5) is 19.7. The molecule has 2 aromatic rings. The lowest BCUT2D eigenvalue weighted by Crippen LogP contribution is -2.39. The molecule has 1 fully saturated rings. The predicted octanol–water partition coefficient (Wildman–Crippen LogP) is 3.54. The minimum Gasteiger partial charge on any atom is -0.339 e. The lowest BCUT2D eigenvalue weighted by atomic mass is 9.93. The van der Waals surface area contributed by atoms with Gasteiger partial charge in [-0.15, -0.1) is 12.4 Å². The van der Waals surface area contributed by atoms with Crippen LogP contribution in [0.4, 0.5) is 0 Å². The number of carbonyl (C=O) groups excluding carboxylic acids is 1. The second-order valence-corrected chi connectivity index (χ2v) is 7.33. The van der Waals surface area contributed by atoms with Gasteiger partial charge in [-0.1, -0.05) is 19.0 Å². The SMILES string of the molecule is CNCCC1CCN(C(=O)c2cc(C(C)C)nc3onc(C)c23)CC1.Cl. The van der Waals surface area contributed by atoms with Crippen molar-refractivity contribution in [2.24, 2.45) is 5.92 Å². The van der Waals surface area contributed by atoms with E-state index in [9.17, 15) is 4.79 Å². The average Bonchev–Trinajstić information content (AvgIpc) is 3.00. The summed E-state index contributed by atoms with van der Waals surface area (Å²) in [6, 6.07) is 1.92. The van der Waals surface area contributed by atoms with E-state index in [0.29, 0.717) is 17.2 Å². The maximum absolute atomic E-state index is 13.2. The van der Waals surface area contributed by atoms with Gasteiger partial charge in [0.2, 0.25) is 0 Å². The van der Waals surface area contributed by atoms with Gasteiger partial charge in [0, 0.05) is 18.8 Å². The van der Waals surface area contributed by atoms with Crippen LogP contribution in [0.3, 0.4) is 0 Å². The number of hydrogen-bond acceptors (Lipinski definition) is 5. The first kappa shape index (κ1) is 20.6. The molecule has 1 amide bonds. The fourth-order valence-corrected chi connectivity index (χ4v) is 3.52. The largest absolute Gasteiger partial charge is 0.339 e. The molecule has 0 aliphatic carbocycles. The van der Waals surface area contributed by atoms with Crippen molar-refractivity contribution in [1.29, 1.82) is 0 Å². The van der Waals surface area contributed by atoms with E-state index < -0.39 is 0 Å². The van der Waals surface area contributed by atoms with E-state index in [1.54, 1.807) is 0 Å². The monoisotopic (exact) mass is 380 g/mol. The molecule has 1 aliphatic rings. The Kier molecular flexibility index (Phi) is 7.01. The van der Waals surface area contributed by atoms with Crippen LogP contribution in [0.2, 0.25) is 0 Å². The number of rotatable bonds is 5. The zero-order valence-corrected chi connectivity index (χ0v) is 16.9. The number of amides is 1. The minimum atomic E-state index is 0. The van der Waals surface area contributed by atoms with Gasteiger partial charge in [-0.2, -0.15) is 0 Å². The van der Waals surface area contributed by atoms with Crippen LogP contribution in [-0.2, 0) is 0 Å². The molecule has 0 spiro atoms. The minimum absolute atomic E-state index is 0. The number of halogens is 1. The van der Waals surface area contributed by atoms with Crippen LogP contribution < -0.4 is 5.32 Å². The number of fused-ring (bicyclic) bond motifs is 1. The highest BCUT2D eigenvalue weighted by Gasteiger charge is 2.27. The van der Waals surface area contributed by atoms with Crippen molar-refractivity contribution in [1.82, 2.24) is 20.4 Å². The molecule has 0 radical (unpaired) electrons. The van der Waals surface area contributed by atoms with Crippen molar-refractivity contribution < 1.29 is 9.32 Å². The Morgan fingerprint density at radius 1 is 1.38 bits per heavy atom. The van der Waals surface area contributed by atoms with E-state index in [-0.39, 0.29) is 24.2 Å². The fraction of sp³-hybridized carbons (Fsp3) is 0.632. The molecular weight excluding hydrogens is 352 g/mol. The molecule has 26 heavy (non-hydrogen) atoms. The Bertz CT molecular complexity index is 751. The van der Waals surface area contributed by atoms with Crippen LogP contribution in [0.5, 0.6) is 0 Å². The molecule has 1 aliphatic heterocycles. The fourth-order valence-electron chi connectivity index (χ4n) is 3.52. The van der Waals surface area contributed by atoms with E-state index >= 15 is 0 Å². The molecule has 0 atom stereocenters. The Balaban J connectivity index is 0.00000243. The lowest BCUT2D eigenvalue weighted by Gasteiger charge is -2.32. The molecule has 2 aromatic heterocycles. The van der Waals surface area contributed by atoms with Crippen molar-refractivity contribution in [3.63, 3.8) is 0 Å². The van der Waals surface area contributed by atoms with E-state index in [1.165, 1.54) is 6.42 Å². The molecule has 0 unspecified atom stereocenters. The third kappa shape index (κ3) is 4.18. The molecule has 3 rings (SSSR count). The lowest BCUT2D eigenvalue weighted by molar-refractivity contribution is 0.0689. The van der Waals surface area contributed by atoms with Crippen molar-refractivity contribution in [3.05, 3.63) is 23.0 Å². The quantitative estimate of drug-likeness (QED) is 0.858. The molecular formula is C19H29ClN4O2. The molecule has 3 heterocycles. The van der Waals surface area contributed by atoms with Gasteiger partial charge in [0.05, 0.1) is 16.6 Å². The van der Waals surface area contributed by atoms with E-state index in [4.69, 9.17) is 4.52 Å². The van der Waals surface area contributed by atoms with E-state index in [1.807, 2.05) is 24.9 Å². The van der Waals surface area contributed by atoms with Crippen LogP contribution in [-0.4, -0.2) is 47.6 Å². The van der Waals surface area contributed by atoms with Crippen molar-refractivity contribution in [3.8, 4) is 0 Å². The Morgan fingerprint density at radius 3 is 2.69 bits per heavy atom. The van der Waals surface area contributed by atoms with Crippen LogP contribution in [0, 0.1) is 12.8 Å². The van der Waals surface area contributed by atoms with Crippen molar-refractivity contribution in [2.75, 3.05) is 26.7 Å². The molecule has 0 saturated carbocycles. The number of nitrogens with zero attached hydrogens (tertiary/aromatic N) is 3. The number of aryl methyl sites for hydroxylation is 1. The van der Waals surface area contributed by atoms with Crippen molar-refractivity contribution >= 4 is 29.4 Å². The summed E-state index contributed by atoms with van der Waals surface area (Å²) in [6.07, 6.45) is 3.32. The molecule has 6 nitrogen and oxygen atoms in total. The number of hydrogen-bond donors (Lipinski definition) is 1. The van der Waals surface area contributed by atoms with E-state index in [0.717, 1.165) is 49.2 Å². The normalized spacial score (nSPS) is 15.5. The van der Waals surface area contributed by atoms with Crippen LogP contribution in [0.15, 0.2) is 10.6 Å². The summed E-state index contributed by atoms with van der Waals surface area (Å²) < 4.78 is 5.34. The van der Waals surface area contributed by atoms with Gasteiger partial charge in [-0.05, 0) is 57.7 Å². The molecule has 1 saturated heterocycles. The summed E-state index contributed by atoms with van der Waals surface area (Å²) in [7, 11) is 1.99. The van der Waals surface area contributed by atoms with Gasteiger partial charge in [0.15, 0.2) is 0 Å². The number of aromatic nitrogens is 2. The second kappa shape index (κ2) is 8.82. The molecule has 144 valence electrons. The Morgan fingerprint density at radius 2 is 2.08 bits per heavy atom. The Hall–Kier alpha value is -1.66.